The average Bonchev–Trinajstić information content (AvgIpc) is 3.26. The molecule has 9 heteroatoms. The number of H-pyrrole nitrogens is 1. The maximum Gasteiger partial charge on any atom is 0.264 e. The zero-order valence-electron chi connectivity index (χ0n) is 14.0. The molecule has 0 aliphatic carbocycles. The second kappa shape index (κ2) is 7.39. The molecule has 1 N–H and O–H groups in total. The van der Waals surface area contributed by atoms with Crippen LogP contribution in [0, 0.1) is 6.92 Å². The molecule has 130 valence electrons. The third-order valence-electron chi connectivity index (χ3n) is 3.72. The first-order valence-corrected chi connectivity index (χ1v) is 8.75. The van der Waals surface area contributed by atoms with Gasteiger partial charge in [-0.05, 0) is 19.9 Å². The highest BCUT2D eigenvalue weighted by molar-refractivity contribution is 7.09. The Hall–Kier alpha value is -2.81. The molecule has 0 saturated heterocycles. The van der Waals surface area contributed by atoms with Crippen molar-refractivity contribution in [2.75, 3.05) is 13.1 Å². The van der Waals surface area contributed by atoms with E-state index in [4.69, 9.17) is 0 Å². The molecule has 0 spiro atoms. The molecule has 0 aromatic carbocycles. The van der Waals surface area contributed by atoms with E-state index >= 15 is 0 Å². The number of rotatable bonds is 6. The van der Waals surface area contributed by atoms with Crippen LogP contribution in [0.3, 0.4) is 0 Å². The predicted molar refractivity (Wildman–Crippen MR) is 94.5 cm³/mol. The maximum atomic E-state index is 12.6. The molecule has 0 unspecified atom stereocenters. The van der Waals surface area contributed by atoms with Gasteiger partial charge in [0.1, 0.15) is 11.3 Å². The van der Waals surface area contributed by atoms with Gasteiger partial charge in [-0.15, -0.1) is 11.3 Å². The number of likely N-dealkylation sites (N-methyl/N-ethyl adjacent to an activating group) is 1. The number of thiazole rings is 1. The molecule has 3 rings (SSSR count). The monoisotopic (exact) mass is 358 g/mol. The number of hydrogen-bond donors (Lipinski definition) is 1. The topological polar surface area (TPSA) is 96.8 Å². The number of amides is 1. The summed E-state index contributed by atoms with van der Waals surface area (Å²) in [7, 11) is 0. The third-order valence-corrected chi connectivity index (χ3v) is 4.49. The van der Waals surface area contributed by atoms with Crippen molar-refractivity contribution in [2.24, 2.45) is 0 Å². The second-order valence-corrected chi connectivity index (χ2v) is 6.44. The van der Waals surface area contributed by atoms with Gasteiger partial charge in [0.05, 0.1) is 11.6 Å². The molecule has 0 saturated carbocycles. The van der Waals surface area contributed by atoms with Crippen LogP contribution >= 0.6 is 11.3 Å². The van der Waals surface area contributed by atoms with Crippen molar-refractivity contribution in [3.63, 3.8) is 0 Å². The minimum absolute atomic E-state index is 0.0259. The summed E-state index contributed by atoms with van der Waals surface area (Å²) >= 11 is 1.47. The zero-order valence-corrected chi connectivity index (χ0v) is 14.8. The highest BCUT2D eigenvalue weighted by atomic mass is 32.1. The van der Waals surface area contributed by atoms with Gasteiger partial charge in [0, 0.05) is 37.1 Å². The summed E-state index contributed by atoms with van der Waals surface area (Å²) in [5.74, 6) is 0.0231. The summed E-state index contributed by atoms with van der Waals surface area (Å²) in [6.45, 7) is 5.27. The summed E-state index contributed by atoms with van der Waals surface area (Å²) in [4.78, 5) is 37.7. The summed E-state index contributed by atoms with van der Waals surface area (Å²) in [5.41, 5.74) is 0.167. The van der Waals surface area contributed by atoms with Crippen molar-refractivity contribution in [2.45, 2.75) is 20.4 Å². The van der Waals surface area contributed by atoms with Crippen LogP contribution in [0.5, 0.6) is 0 Å². The quantitative estimate of drug-likeness (QED) is 0.721. The maximum absolute atomic E-state index is 12.6. The molecule has 3 aromatic heterocycles. The Morgan fingerprint density at radius 2 is 2.28 bits per heavy atom. The zero-order chi connectivity index (χ0) is 17.8. The van der Waals surface area contributed by atoms with Crippen LogP contribution in [0.25, 0.3) is 11.5 Å². The van der Waals surface area contributed by atoms with Crippen molar-refractivity contribution in [1.82, 2.24) is 29.6 Å². The molecular weight excluding hydrogens is 340 g/mol. The van der Waals surface area contributed by atoms with Crippen LogP contribution in [0.2, 0.25) is 0 Å². The lowest BCUT2D eigenvalue weighted by molar-refractivity contribution is 0.0755. The lowest BCUT2D eigenvalue weighted by Gasteiger charge is -2.20. The van der Waals surface area contributed by atoms with E-state index in [1.807, 2.05) is 31.5 Å². The fourth-order valence-electron chi connectivity index (χ4n) is 2.38. The largest absolute Gasteiger partial charge is 0.337 e. The number of aryl methyl sites for hydroxylation is 1. The van der Waals surface area contributed by atoms with Gasteiger partial charge >= 0.3 is 0 Å². The molecule has 0 aliphatic rings. The summed E-state index contributed by atoms with van der Waals surface area (Å²) in [6, 6.07) is 1.83. The molecule has 1 amide bonds. The number of hydrogen-bond acceptors (Lipinski definition) is 6. The van der Waals surface area contributed by atoms with Crippen LogP contribution in [0.15, 0.2) is 34.8 Å². The molecule has 8 nitrogen and oxygen atoms in total. The number of carbonyl (C=O) groups excluding carboxylic acids is 1. The van der Waals surface area contributed by atoms with Crippen molar-refractivity contribution in [1.29, 1.82) is 0 Å². The normalized spacial score (nSPS) is 10.8. The molecular formula is C16H18N6O2S. The lowest BCUT2D eigenvalue weighted by Crippen LogP contribution is -2.37. The molecule has 0 fully saturated rings. The predicted octanol–water partition coefficient (Wildman–Crippen LogP) is 1.56. The van der Waals surface area contributed by atoms with E-state index in [1.54, 1.807) is 15.8 Å². The van der Waals surface area contributed by atoms with Crippen LogP contribution in [-0.2, 0) is 6.54 Å². The molecule has 0 atom stereocenters. The number of aromatic nitrogens is 5. The number of aromatic amines is 1. The smallest absolute Gasteiger partial charge is 0.264 e. The Morgan fingerprint density at radius 3 is 2.88 bits per heavy atom. The first-order valence-electron chi connectivity index (χ1n) is 7.87. The third kappa shape index (κ3) is 3.82. The van der Waals surface area contributed by atoms with Gasteiger partial charge in [0.2, 0.25) is 0 Å². The van der Waals surface area contributed by atoms with Crippen molar-refractivity contribution >= 4 is 17.2 Å². The fourth-order valence-corrected chi connectivity index (χ4v) is 2.98. The van der Waals surface area contributed by atoms with Gasteiger partial charge in [0.25, 0.3) is 11.5 Å². The van der Waals surface area contributed by atoms with E-state index < -0.39 is 5.56 Å². The summed E-state index contributed by atoms with van der Waals surface area (Å²) in [5, 5.41) is 6.81. The minimum Gasteiger partial charge on any atom is -0.337 e. The number of carbonyl (C=O) groups is 1. The SMILES string of the molecule is CCN(CCn1cccn1)C(=O)c1cnc(-c2csc(C)n2)[nH]c1=O. The van der Waals surface area contributed by atoms with E-state index in [2.05, 4.69) is 20.1 Å². The Labute approximate surface area is 148 Å². The van der Waals surface area contributed by atoms with Gasteiger partial charge in [-0.3, -0.25) is 14.3 Å². The Bertz CT molecular complexity index is 915. The first kappa shape index (κ1) is 17.0. The van der Waals surface area contributed by atoms with Gasteiger partial charge in [-0.1, -0.05) is 0 Å². The van der Waals surface area contributed by atoms with Crippen LogP contribution in [-0.4, -0.2) is 48.6 Å². The van der Waals surface area contributed by atoms with E-state index in [1.165, 1.54) is 17.5 Å². The highest BCUT2D eigenvalue weighted by Gasteiger charge is 2.19. The minimum atomic E-state index is -0.460. The number of nitrogens with one attached hydrogen (secondary N) is 1. The number of nitrogens with zero attached hydrogens (tertiary/aromatic N) is 5. The molecule has 0 radical (unpaired) electrons. The molecule has 0 bridgehead atoms. The van der Waals surface area contributed by atoms with Crippen molar-refractivity contribution in [3.05, 3.63) is 51.0 Å². The summed E-state index contributed by atoms with van der Waals surface area (Å²) < 4.78 is 1.74. The van der Waals surface area contributed by atoms with Crippen LogP contribution < -0.4 is 5.56 Å². The summed E-state index contributed by atoms with van der Waals surface area (Å²) in [6.07, 6.45) is 4.84. The fraction of sp³-hybridized carbons (Fsp3) is 0.312. The second-order valence-electron chi connectivity index (χ2n) is 5.38. The molecule has 25 heavy (non-hydrogen) atoms. The van der Waals surface area contributed by atoms with Gasteiger partial charge in [-0.2, -0.15) is 5.10 Å². The van der Waals surface area contributed by atoms with Crippen molar-refractivity contribution < 1.29 is 4.79 Å². The van der Waals surface area contributed by atoms with Gasteiger partial charge in [-0.25, -0.2) is 9.97 Å². The van der Waals surface area contributed by atoms with E-state index in [0.717, 1.165) is 5.01 Å². The first-order chi connectivity index (χ1) is 12.1. The Kier molecular flexibility index (Phi) is 5.03. The standard InChI is InChI=1S/C16H18N6O2S/c1-3-21(7-8-22-6-4-5-18-22)16(24)12-9-17-14(20-15(12)23)13-10-25-11(2)19-13/h4-6,9-10H,3,7-8H2,1-2H3,(H,17,20,23). The van der Waals surface area contributed by atoms with Crippen LogP contribution in [0.4, 0.5) is 0 Å². The van der Waals surface area contributed by atoms with Crippen LogP contribution in [0.1, 0.15) is 22.3 Å². The Balaban J connectivity index is 1.77. The highest BCUT2D eigenvalue weighted by Crippen LogP contribution is 2.16. The molecule has 3 aromatic rings. The van der Waals surface area contributed by atoms with E-state index in [-0.39, 0.29) is 11.5 Å². The Morgan fingerprint density at radius 1 is 1.44 bits per heavy atom. The lowest BCUT2D eigenvalue weighted by atomic mass is 10.2. The average molecular weight is 358 g/mol. The molecule has 0 aliphatic heterocycles. The van der Waals surface area contributed by atoms with Gasteiger partial charge in [0.15, 0.2) is 5.82 Å². The van der Waals surface area contributed by atoms with E-state index in [9.17, 15) is 9.59 Å². The van der Waals surface area contributed by atoms with Crippen molar-refractivity contribution in [3.8, 4) is 11.5 Å². The molecule has 3 heterocycles. The van der Waals surface area contributed by atoms with E-state index in [0.29, 0.717) is 31.2 Å². The van der Waals surface area contributed by atoms with Gasteiger partial charge < -0.3 is 9.88 Å².